The van der Waals surface area contributed by atoms with Crippen LogP contribution in [0.5, 0.6) is 0 Å². The minimum Gasteiger partial charge on any atom is -0.222 e. The smallest absolute Gasteiger partial charge is 0.222 e. The number of hydrogen-bond donors (Lipinski definition) is 0. The molecule has 4 aromatic rings. The average molecular weight is 936 g/mol. The van der Waals surface area contributed by atoms with E-state index in [-0.39, 0.29) is 35.3 Å². The molecule has 0 saturated heterocycles. The van der Waals surface area contributed by atoms with E-state index >= 15 is 0 Å². The Labute approximate surface area is 337 Å². The van der Waals surface area contributed by atoms with Gasteiger partial charge in [0.25, 0.3) is 0 Å². The van der Waals surface area contributed by atoms with Gasteiger partial charge < -0.3 is 0 Å². The SMILES string of the molecule is C1=CCC/C=C\CC1.[O-][Cl+3]([O-])([O-])[O-].[O-][Cl+3]([O-])([O-])[O-].[O-][Cl+3]([O-])([O-])[O-].[Rh+3].c1ccc(P(CCCCP(c2ccccc2)c2ccccc2)c2ccccc2)cc1. The third-order valence-electron chi connectivity index (χ3n) is 6.62. The van der Waals surface area contributed by atoms with Crippen LogP contribution in [0.1, 0.15) is 38.5 Å². The molecule has 0 aliphatic heterocycles. The van der Waals surface area contributed by atoms with Gasteiger partial charge in [-0.25, -0.2) is 55.9 Å². The standard InChI is InChI=1S/C28H28P2.C8H12.3ClHO4.Rh/c1-5-15-25(16-6-1)29(26-17-7-2-8-18-26)23-13-14-24-30(27-19-9-3-10-20-27)28-21-11-4-12-22-28;1-2-4-6-8-7-5-3-1;3*2-1(3,4)5;/h1-12,15-22H,13-14,23-24H2;1-2,7-8H,3-6H2;3*(H,2,3,4,5);/q;;;;;+3/p-3/b;2-1-,8-7?;;;;. The number of unbranched alkanes of at least 4 members (excludes halogenated alkanes) is 1. The molecule has 0 spiro atoms. The van der Waals surface area contributed by atoms with Gasteiger partial charge in [0, 0.05) is 0 Å². The molecule has 0 radical (unpaired) electrons. The van der Waals surface area contributed by atoms with Crippen LogP contribution in [-0.2, 0) is 19.5 Å². The van der Waals surface area contributed by atoms with E-state index in [1.807, 2.05) is 0 Å². The third-order valence-corrected chi connectivity index (χ3v) is 11.8. The third kappa shape index (κ3) is 32.5. The number of benzene rings is 4. The summed E-state index contributed by atoms with van der Waals surface area (Å²) in [7, 11) is -15.4. The van der Waals surface area contributed by atoms with Gasteiger partial charge in [-0.15, -0.1) is 30.7 Å². The van der Waals surface area contributed by atoms with E-state index in [2.05, 4.69) is 146 Å². The molecule has 54 heavy (non-hydrogen) atoms. The molecule has 12 nitrogen and oxygen atoms in total. The molecule has 0 bridgehead atoms. The van der Waals surface area contributed by atoms with Crippen molar-refractivity contribution in [3.05, 3.63) is 146 Å². The maximum Gasteiger partial charge on any atom is 3.00 e. The van der Waals surface area contributed by atoms with E-state index < -0.39 is 30.7 Å². The molecule has 0 saturated carbocycles. The molecule has 0 amide bonds. The molecule has 0 heterocycles. The van der Waals surface area contributed by atoms with Crippen molar-refractivity contribution in [2.45, 2.75) is 38.5 Å². The van der Waals surface area contributed by atoms with Gasteiger partial charge in [-0.3, -0.25) is 0 Å². The van der Waals surface area contributed by atoms with Crippen molar-refractivity contribution >= 4 is 37.1 Å². The number of halogens is 3. The summed E-state index contributed by atoms with van der Waals surface area (Å²) in [6.45, 7) is 0. The Morgan fingerprint density at radius 1 is 0.333 bits per heavy atom. The Balaban J connectivity index is 0.000000951. The van der Waals surface area contributed by atoms with Crippen LogP contribution >= 0.6 is 15.8 Å². The fourth-order valence-electron chi connectivity index (χ4n) is 4.64. The number of rotatable bonds is 9. The predicted molar refractivity (Wildman–Crippen MR) is 174 cm³/mol. The first-order valence-electron chi connectivity index (χ1n) is 15.8. The molecule has 0 N–H and O–H groups in total. The predicted octanol–water partition coefficient (Wildman–Crippen LogP) is -5.57. The van der Waals surface area contributed by atoms with Crippen molar-refractivity contribution in [3.63, 3.8) is 0 Å². The zero-order valence-corrected chi connectivity index (χ0v) is 34.5. The maximum atomic E-state index is 8.49. The van der Waals surface area contributed by atoms with Gasteiger partial charge in [-0.2, -0.15) is 0 Å². The maximum absolute atomic E-state index is 8.49. The Kier molecular flexibility index (Phi) is 28.5. The van der Waals surface area contributed by atoms with Crippen LogP contribution in [0.4, 0.5) is 0 Å². The Morgan fingerprint density at radius 3 is 0.667 bits per heavy atom. The molecule has 296 valence electrons. The van der Waals surface area contributed by atoms with Crippen molar-refractivity contribution < 1.29 is 106 Å². The molecule has 5 rings (SSSR count). The van der Waals surface area contributed by atoms with Crippen LogP contribution in [0, 0.1) is 30.7 Å². The van der Waals surface area contributed by atoms with Crippen molar-refractivity contribution in [2.24, 2.45) is 0 Å². The molecule has 0 atom stereocenters. The van der Waals surface area contributed by atoms with E-state index in [1.54, 1.807) is 0 Å². The van der Waals surface area contributed by atoms with Crippen LogP contribution < -0.4 is 77.1 Å². The Morgan fingerprint density at radius 2 is 0.500 bits per heavy atom. The van der Waals surface area contributed by atoms with E-state index in [0.29, 0.717) is 0 Å². The molecule has 0 unspecified atom stereocenters. The van der Waals surface area contributed by atoms with Crippen LogP contribution in [0.15, 0.2) is 146 Å². The van der Waals surface area contributed by atoms with Crippen molar-refractivity contribution in [1.82, 2.24) is 0 Å². The van der Waals surface area contributed by atoms with Crippen molar-refractivity contribution in [3.8, 4) is 0 Å². The summed E-state index contributed by atoms with van der Waals surface area (Å²) < 4.78 is 102. The fourth-order valence-corrected chi connectivity index (χ4v) is 9.48. The summed E-state index contributed by atoms with van der Waals surface area (Å²) in [5, 5.41) is 5.97. The van der Waals surface area contributed by atoms with Crippen LogP contribution in [0.25, 0.3) is 0 Å². The number of allylic oxidation sites excluding steroid dienone is 4. The quantitative estimate of drug-likeness (QED) is 0.0658. The first-order valence-corrected chi connectivity index (χ1v) is 22.6. The first kappa shape index (κ1) is 52.2. The second-order valence-electron chi connectivity index (χ2n) is 10.6. The summed E-state index contributed by atoms with van der Waals surface area (Å²) in [5.74, 6) is 0. The summed E-state index contributed by atoms with van der Waals surface area (Å²) in [6.07, 6.45) is 19.1. The average Bonchev–Trinajstić information content (AvgIpc) is 3.06. The summed E-state index contributed by atoms with van der Waals surface area (Å²) in [5.41, 5.74) is 0. The number of hydrogen-bond acceptors (Lipinski definition) is 12. The second-order valence-corrected chi connectivity index (χ2v) is 17.5. The van der Waals surface area contributed by atoms with Gasteiger partial charge in [0.05, 0.1) is 0 Å². The van der Waals surface area contributed by atoms with Crippen molar-refractivity contribution in [2.75, 3.05) is 12.3 Å². The van der Waals surface area contributed by atoms with Crippen LogP contribution in [-0.4, -0.2) is 12.3 Å². The molecule has 1 aliphatic carbocycles. The second kappa shape index (κ2) is 29.5. The zero-order chi connectivity index (χ0) is 39.6. The minimum atomic E-state index is -4.94. The topological polar surface area (TPSA) is 277 Å². The monoisotopic (exact) mass is 934 g/mol. The molecular formula is C36H40Cl3O12P2Rh. The van der Waals surface area contributed by atoms with E-state index in [4.69, 9.17) is 55.9 Å². The summed E-state index contributed by atoms with van der Waals surface area (Å²) in [4.78, 5) is 0. The minimum absolute atomic E-state index is 0. The Bertz CT molecular complexity index is 1300. The molecule has 1 aliphatic rings. The van der Waals surface area contributed by atoms with Gasteiger partial charge >= 0.3 is 19.5 Å². The fraction of sp³-hybridized carbons (Fsp3) is 0.222. The van der Waals surface area contributed by atoms with Crippen LogP contribution in [0.3, 0.4) is 0 Å². The van der Waals surface area contributed by atoms with Gasteiger partial charge in [0.1, 0.15) is 0 Å². The summed E-state index contributed by atoms with van der Waals surface area (Å²) >= 11 is 0. The molecule has 18 heteroatoms. The van der Waals surface area contributed by atoms with Gasteiger partial charge in [-0.1, -0.05) is 146 Å². The molecule has 4 aromatic carbocycles. The van der Waals surface area contributed by atoms with Crippen LogP contribution in [0.2, 0.25) is 0 Å². The molecule has 0 aromatic heterocycles. The first-order chi connectivity index (χ1) is 24.9. The van der Waals surface area contributed by atoms with E-state index in [1.165, 1.54) is 72.1 Å². The van der Waals surface area contributed by atoms with Gasteiger partial charge in [0.2, 0.25) is 0 Å². The van der Waals surface area contributed by atoms with E-state index in [0.717, 1.165) is 0 Å². The van der Waals surface area contributed by atoms with Crippen molar-refractivity contribution in [1.29, 1.82) is 0 Å². The molecule has 0 fully saturated rings. The zero-order valence-electron chi connectivity index (χ0n) is 28.8. The van der Waals surface area contributed by atoms with E-state index in [9.17, 15) is 0 Å². The largest absolute Gasteiger partial charge is 3.00 e. The van der Waals surface area contributed by atoms with Gasteiger partial charge in [-0.05, 0) is 87.9 Å². The van der Waals surface area contributed by atoms with Gasteiger partial charge in [0.15, 0.2) is 0 Å². The Hall–Kier alpha value is -1.77. The normalized spacial score (nSPS) is 13.1. The summed E-state index contributed by atoms with van der Waals surface area (Å²) in [6, 6.07) is 44.3. The molecular weight excluding hydrogens is 896 g/mol.